The van der Waals surface area contributed by atoms with Gasteiger partial charge < -0.3 is 10.1 Å². The van der Waals surface area contributed by atoms with Crippen LogP contribution < -0.4 is 10.1 Å². The second kappa shape index (κ2) is 6.24. The van der Waals surface area contributed by atoms with Gasteiger partial charge in [-0.2, -0.15) is 0 Å². The highest BCUT2D eigenvalue weighted by molar-refractivity contribution is 5.93. The largest absolute Gasteiger partial charge is 0.497 e. The van der Waals surface area contributed by atoms with Crippen molar-refractivity contribution in [1.82, 2.24) is 0 Å². The fraction of sp³-hybridized carbons (Fsp3) is 0.235. The van der Waals surface area contributed by atoms with Crippen LogP contribution >= 0.6 is 0 Å². The van der Waals surface area contributed by atoms with Gasteiger partial charge in [0.05, 0.1) is 13.5 Å². The summed E-state index contributed by atoms with van der Waals surface area (Å²) in [5, 5.41) is 2.94. The van der Waals surface area contributed by atoms with Gasteiger partial charge in [-0.25, -0.2) is 0 Å². The molecule has 2 aromatic carbocycles. The molecule has 104 valence electrons. The van der Waals surface area contributed by atoms with E-state index in [2.05, 4.69) is 11.4 Å². The number of rotatable bonds is 4. The predicted molar refractivity (Wildman–Crippen MR) is 81.2 cm³/mol. The molecule has 20 heavy (non-hydrogen) atoms. The Bertz CT molecular complexity index is 620. The highest BCUT2D eigenvalue weighted by atomic mass is 16.5. The smallest absolute Gasteiger partial charge is 0.228 e. The van der Waals surface area contributed by atoms with Crippen LogP contribution in [0.25, 0.3) is 0 Å². The minimum Gasteiger partial charge on any atom is -0.497 e. The van der Waals surface area contributed by atoms with Crippen LogP contribution in [0.5, 0.6) is 5.75 Å². The number of hydrogen-bond acceptors (Lipinski definition) is 2. The van der Waals surface area contributed by atoms with E-state index in [1.807, 2.05) is 50.2 Å². The monoisotopic (exact) mass is 269 g/mol. The molecule has 2 aromatic rings. The lowest BCUT2D eigenvalue weighted by atomic mass is 10.1. The van der Waals surface area contributed by atoms with Gasteiger partial charge in [0.25, 0.3) is 0 Å². The average Bonchev–Trinajstić information content (AvgIpc) is 2.42. The SMILES string of the molecule is COc1cccc(CC(=O)Nc2ccc(C)cc2C)c1. The number of benzene rings is 2. The maximum atomic E-state index is 12.1. The molecule has 0 aliphatic carbocycles. The van der Waals surface area contributed by atoms with E-state index in [9.17, 15) is 4.79 Å². The molecule has 0 saturated heterocycles. The first-order valence-corrected chi connectivity index (χ1v) is 6.58. The number of amides is 1. The van der Waals surface area contributed by atoms with E-state index in [1.54, 1.807) is 7.11 Å². The molecular weight excluding hydrogens is 250 g/mol. The fourth-order valence-corrected chi connectivity index (χ4v) is 2.12. The molecule has 0 fully saturated rings. The topological polar surface area (TPSA) is 38.3 Å². The molecule has 2 rings (SSSR count). The molecular formula is C17H19NO2. The lowest BCUT2D eigenvalue weighted by molar-refractivity contribution is -0.115. The van der Waals surface area contributed by atoms with Gasteiger partial charge in [0.15, 0.2) is 0 Å². The van der Waals surface area contributed by atoms with Gasteiger partial charge in [-0.3, -0.25) is 4.79 Å². The lowest BCUT2D eigenvalue weighted by Gasteiger charge is -2.09. The number of methoxy groups -OCH3 is 1. The number of carbonyl (C=O) groups is 1. The van der Waals surface area contributed by atoms with Crippen LogP contribution in [-0.2, 0) is 11.2 Å². The molecule has 0 atom stereocenters. The van der Waals surface area contributed by atoms with Gasteiger partial charge in [0.1, 0.15) is 5.75 Å². The van der Waals surface area contributed by atoms with Crippen LogP contribution in [0.15, 0.2) is 42.5 Å². The van der Waals surface area contributed by atoms with Crippen molar-refractivity contribution in [3.05, 3.63) is 59.2 Å². The van der Waals surface area contributed by atoms with Crippen molar-refractivity contribution in [3.63, 3.8) is 0 Å². The molecule has 0 heterocycles. The Morgan fingerprint density at radius 3 is 2.65 bits per heavy atom. The maximum absolute atomic E-state index is 12.1. The Morgan fingerprint density at radius 1 is 1.15 bits per heavy atom. The van der Waals surface area contributed by atoms with Crippen LogP contribution in [-0.4, -0.2) is 13.0 Å². The summed E-state index contributed by atoms with van der Waals surface area (Å²) in [6.07, 6.45) is 0.338. The molecule has 0 aliphatic heterocycles. The quantitative estimate of drug-likeness (QED) is 0.922. The Hall–Kier alpha value is -2.29. The summed E-state index contributed by atoms with van der Waals surface area (Å²) < 4.78 is 5.16. The van der Waals surface area contributed by atoms with E-state index < -0.39 is 0 Å². The summed E-state index contributed by atoms with van der Waals surface area (Å²) >= 11 is 0. The summed E-state index contributed by atoms with van der Waals surface area (Å²) in [5.74, 6) is 0.743. The molecule has 0 aliphatic rings. The summed E-state index contributed by atoms with van der Waals surface area (Å²) in [7, 11) is 1.62. The Labute approximate surface area is 119 Å². The molecule has 0 bridgehead atoms. The number of nitrogens with one attached hydrogen (secondary N) is 1. The number of hydrogen-bond donors (Lipinski definition) is 1. The maximum Gasteiger partial charge on any atom is 0.228 e. The average molecular weight is 269 g/mol. The van der Waals surface area contributed by atoms with E-state index in [4.69, 9.17) is 4.74 Å². The third-order valence-electron chi connectivity index (χ3n) is 3.15. The van der Waals surface area contributed by atoms with Crippen molar-refractivity contribution in [3.8, 4) is 5.75 Å². The van der Waals surface area contributed by atoms with E-state index >= 15 is 0 Å². The first kappa shape index (κ1) is 14.1. The van der Waals surface area contributed by atoms with Gasteiger partial charge in [-0.15, -0.1) is 0 Å². The van der Waals surface area contributed by atoms with E-state index in [0.717, 1.165) is 22.6 Å². The zero-order valence-corrected chi connectivity index (χ0v) is 12.1. The number of carbonyl (C=O) groups excluding carboxylic acids is 1. The molecule has 3 nitrogen and oxygen atoms in total. The van der Waals surface area contributed by atoms with E-state index in [0.29, 0.717) is 6.42 Å². The molecule has 0 aromatic heterocycles. The van der Waals surface area contributed by atoms with Crippen LogP contribution in [0.1, 0.15) is 16.7 Å². The Morgan fingerprint density at radius 2 is 1.95 bits per heavy atom. The molecule has 3 heteroatoms. The molecule has 0 saturated carbocycles. The summed E-state index contributed by atoms with van der Waals surface area (Å²) in [5.41, 5.74) is 4.06. The molecule has 1 N–H and O–H groups in total. The number of aryl methyl sites for hydroxylation is 2. The van der Waals surface area contributed by atoms with E-state index in [1.165, 1.54) is 5.56 Å². The van der Waals surface area contributed by atoms with Gasteiger partial charge in [-0.1, -0.05) is 29.8 Å². The first-order valence-electron chi connectivity index (χ1n) is 6.58. The predicted octanol–water partition coefficient (Wildman–Crippen LogP) is 3.49. The highest BCUT2D eigenvalue weighted by Crippen LogP contribution is 2.17. The Balaban J connectivity index is 2.05. The zero-order chi connectivity index (χ0) is 14.5. The van der Waals surface area contributed by atoms with Gasteiger partial charge in [-0.05, 0) is 43.2 Å². The Kier molecular flexibility index (Phi) is 4.41. The zero-order valence-electron chi connectivity index (χ0n) is 12.1. The van der Waals surface area contributed by atoms with Crippen LogP contribution in [0.2, 0.25) is 0 Å². The van der Waals surface area contributed by atoms with Crippen molar-refractivity contribution >= 4 is 11.6 Å². The normalized spacial score (nSPS) is 10.2. The summed E-state index contributed by atoms with van der Waals surface area (Å²) in [4.78, 5) is 12.1. The van der Waals surface area contributed by atoms with Crippen LogP contribution in [0, 0.1) is 13.8 Å². The molecule has 1 amide bonds. The minimum atomic E-state index is -0.0230. The number of ether oxygens (including phenoxy) is 1. The van der Waals surface area contributed by atoms with Crippen LogP contribution in [0.3, 0.4) is 0 Å². The van der Waals surface area contributed by atoms with Gasteiger partial charge in [0.2, 0.25) is 5.91 Å². The number of anilines is 1. The molecule has 0 radical (unpaired) electrons. The molecule has 0 unspecified atom stereocenters. The van der Waals surface area contributed by atoms with Crippen molar-refractivity contribution in [2.45, 2.75) is 20.3 Å². The second-order valence-corrected chi connectivity index (χ2v) is 4.89. The minimum absolute atomic E-state index is 0.0230. The highest BCUT2D eigenvalue weighted by Gasteiger charge is 2.06. The van der Waals surface area contributed by atoms with E-state index in [-0.39, 0.29) is 5.91 Å². The third kappa shape index (κ3) is 3.60. The summed E-state index contributed by atoms with van der Waals surface area (Å²) in [6, 6.07) is 13.5. The van der Waals surface area contributed by atoms with Gasteiger partial charge >= 0.3 is 0 Å². The van der Waals surface area contributed by atoms with Crippen molar-refractivity contribution in [1.29, 1.82) is 0 Å². The molecule has 0 spiro atoms. The second-order valence-electron chi connectivity index (χ2n) is 4.89. The standard InChI is InChI=1S/C17H19NO2/c1-12-7-8-16(13(2)9-12)18-17(19)11-14-5-4-6-15(10-14)20-3/h4-10H,11H2,1-3H3,(H,18,19). The first-order chi connectivity index (χ1) is 9.58. The third-order valence-corrected chi connectivity index (χ3v) is 3.15. The van der Waals surface area contributed by atoms with Crippen molar-refractivity contribution < 1.29 is 9.53 Å². The van der Waals surface area contributed by atoms with Crippen molar-refractivity contribution in [2.24, 2.45) is 0 Å². The lowest BCUT2D eigenvalue weighted by Crippen LogP contribution is -2.15. The van der Waals surface area contributed by atoms with Gasteiger partial charge in [0, 0.05) is 5.69 Å². The van der Waals surface area contributed by atoms with Crippen LogP contribution in [0.4, 0.5) is 5.69 Å². The van der Waals surface area contributed by atoms with Crippen molar-refractivity contribution in [2.75, 3.05) is 12.4 Å². The summed E-state index contributed by atoms with van der Waals surface area (Å²) in [6.45, 7) is 4.03. The fourth-order valence-electron chi connectivity index (χ4n) is 2.12.